The molecule has 3 rings (SSSR count). The summed E-state index contributed by atoms with van der Waals surface area (Å²) in [5.74, 6) is 0.570. The number of benzene rings is 1. The van der Waals surface area contributed by atoms with Crippen molar-refractivity contribution in [3.8, 4) is 0 Å². The summed E-state index contributed by atoms with van der Waals surface area (Å²) in [7, 11) is 0. The van der Waals surface area contributed by atoms with Crippen LogP contribution < -0.4 is 0 Å². The van der Waals surface area contributed by atoms with Crippen molar-refractivity contribution in [1.82, 2.24) is 0 Å². The quantitative estimate of drug-likeness (QED) is 0.839. The molecule has 20 heavy (non-hydrogen) atoms. The number of aliphatic hydroxyl groups excluding tert-OH is 1. The lowest BCUT2D eigenvalue weighted by Crippen LogP contribution is -2.30. The second-order valence-electron chi connectivity index (χ2n) is 6.49. The molecule has 4 atom stereocenters. The largest absolute Gasteiger partial charge is 0.388 e. The summed E-state index contributed by atoms with van der Waals surface area (Å²) >= 11 is 0. The summed E-state index contributed by atoms with van der Waals surface area (Å²) in [5.41, 5.74) is 0.129. The Labute approximate surface area is 119 Å². The molecule has 1 N–H and O–H groups in total. The number of fused-ring (bicyclic) bond motifs is 1. The van der Waals surface area contributed by atoms with Gasteiger partial charge >= 0.3 is 0 Å². The van der Waals surface area contributed by atoms with Crippen LogP contribution in [0.25, 0.3) is 0 Å². The Morgan fingerprint density at radius 3 is 2.55 bits per heavy atom. The summed E-state index contributed by atoms with van der Waals surface area (Å²) in [4.78, 5) is 0. The van der Waals surface area contributed by atoms with E-state index in [1.165, 1.54) is 25.7 Å². The van der Waals surface area contributed by atoms with E-state index in [4.69, 9.17) is 0 Å². The molecule has 0 aromatic heterocycles. The third-order valence-electron chi connectivity index (χ3n) is 5.30. The smallest absolute Gasteiger partial charge is 0.129 e. The Kier molecular flexibility index (Phi) is 4.06. The predicted octanol–water partition coefficient (Wildman–Crippen LogP) is 4.60. The topological polar surface area (TPSA) is 20.2 Å². The number of hydrogen-bond donors (Lipinski definition) is 1. The van der Waals surface area contributed by atoms with E-state index in [-0.39, 0.29) is 11.5 Å². The predicted molar refractivity (Wildman–Crippen MR) is 74.1 cm³/mol. The molecule has 0 saturated heterocycles. The Hall–Kier alpha value is -0.960. The van der Waals surface area contributed by atoms with E-state index in [1.54, 1.807) is 0 Å². The van der Waals surface area contributed by atoms with Crippen LogP contribution in [0.1, 0.15) is 56.6 Å². The summed E-state index contributed by atoms with van der Waals surface area (Å²) in [6, 6.07) is 3.36. The minimum Gasteiger partial charge on any atom is -0.388 e. The fraction of sp³-hybridized carbons (Fsp3) is 0.647. The molecule has 1 nitrogen and oxygen atoms in total. The van der Waals surface area contributed by atoms with Crippen molar-refractivity contribution in [1.29, 1.82) is 0 Å². The molecule has 0 radical (unpaired) electrons. The molecule has 2 aliphatic carbocycles. The van der Waals surface area contributed by atoms with Gasteiger partial charge < -0.3 is 5.11 Å². The van der Waals surface area contributed by atoms with E-state index in [0.717, 1.165) is 43.4 Å². The first-order valence-corrected chi connectivity index (χ1v) is 7.78. The third kappa shape index (κ3) is 2.73. The fourth-order valence-corrected chi connectivity index (χ4v) is 4.19. The summed E-state index contributed by atoms with van der Waals surface area (Å²) in [5, 5.41) is 10.4. The highest BCUT2D eigenvalue weighted by Crippen LogP contribution is 2.46. The van der Waals surface area contributed by atoms with Crippen molar-refractivity contribution in [2.75, 3.05) is 0 Å². The second-order valence-corrected chi connectivity index (χ2v) is 6.49. The van der Waals surface area contributed by atoms with Gasteiger partial charge in [-0.1, -0.05) is 25.7 Å². The maximum absolute atomic E-state index is 13.8. The molecule has 110 valence electrons. The highest BCUT2D eigenvalue weighted by atomic mass is 19.1. The van der Waals surface area contributed by atoms with Crippen LogP contribution in [-0.2, 0) is 0 Å². The molecule has 1 aromatic rings. The number of rotatable bonds is 2. The molecule has 2 saturated carbocycles. The minimum absolute atomic E-state index is 0.0747. The van der Waals surface area contributed by atoms with Crippen LogP contribution in [0.4, 0.5) is 8.78 Å². The second kappa shape index (κ2) is 5.80. The van der Waals surface area contributed by atoms with Crippen molar-refractivity contribution >= 4 is 0 Å². The lowest BCUT2D eigenvalue weighted by Gasteiger charge is -2.40. The van der Waals surface area contributed by atoms with Gasteiger partial charge in [0, 0.05) is 5.56 Å². The molecule has 0 spiro atoms. The zero-order valence-corrected chi connectivity index (χ0v) is 11.7. The lowest BCUT2D eigenvalue weighted by atomic mass is 9.66. The summed E-state index contributed by atoms with van der Waals surface area (Å²) < 4.78 is 27.0. The molecule has 0 bridgehead atoms. The van der Waals surface area contributed by atoms with Crippen LogP contribution in [0.15, 0.2) is 18.2 Å². The van der Waals surface area contributed by atoms with Gasteiger partial charge in [-0.15, -0.1) is 0 Å². The van der Waals surface area contributed by atoms with Gasteiger partial charge in [-0.3, -0.25) is 0 Å². The third-order valence-corrected chi connectivity index (χ3v) is 5.30. The van der Waals surface area contributed by atoms with Crippen molar-refractivity contribution in [3.63, 3.8) is 0 Å². The molecule has 1 aromatic carbocycles. The number of aliphatic hydroxyl groups is 1. The average molecular weight is 280 g/mol. The van der Waals surface area contributed by atoms with Crippen molar-refractivity contribution < 1.29 is 13.9 Å². The van der Waals surface area contributed by atoms with Gasteiger partial charge in [0.1, 0.15) is 11.6 Å². The van der Waals surface area contributed by atoms with Crippen LogP contribution in [0.2, 0.25) is 0 Å². The monoisotopic (exact) mass is 280 g/mol. The first-order valence-electron chi connectivity index (χ1n) is 7.78. The lowest BCUT2D eigenvalue weighted by molar-refractivity contribution is 0.0328. The van der Waals surface area contributed by atoms with Gasteiger partial charge in [-0.25, -0.2) is 8.78 Å². The van der Waals surface area contributed by atoms with E-state index in [0.29, 0.717) is 5.92 Å². The number of halogens is 2. The van der Waals surface area contributed by atoms with Crippen LogP contribution in [0.3, 0.4) is 0 Å². The van der Waals surface area contributed by atoms with Gasteiger partial charge in [-0.05, 0) is 55.2 Å². The zero-order chi connectivity index (χ0) is 14.1. The fourth-order valence-electron chi connectivity index (χ4n) is 4.19. The Morgan fingerprint density at radius 2 is 1.75 bits per heavy atom. The molecule has 0 amide bonds. The van der Waals surface area contributed by atoms with E-state index < -0.39 is 17.7 Å². The molecule has 0 heterocycles. The Bertz CT molecular complexity index is 474. The first-order chi connectivity index (χ1) is 9.65. The SMILES string of the molecule is OC(c1cc(F)ccc1F)C1CCC2CCCCC2C1. The van der Waals surface area contributed by atoms with E-state index in [9.17, 15) is 13.9 Å². The van der Waals surface area contributed by atoms with Gasteiger partial charge in [0.05, 0.1) is 6.10 Å². The molecular weight excluding hydrogens is 258 g/mol. The van der Waals surface area contributed by atoms with Crippen LogP contribution in [-0.4, -0.2) is 5.11 Å². The van der Waals surface area contributed by atoms with Crippen LogP contribution in [0, 0.1) is 29.4 Å². The average Bonchev–Trinajstić information content (AvgIpc) is 2.48. The molecule has 0 aliphatic heterocycles. The van der Waals surface area contributed by atoms with Crippen LogP contribution in [0.5, 0.6) is 0 Å². The molecule has 2 aliphatic rings. The highest BCUT2D eigenvalue weighted by Gasteiger charge is 2.36. The van der Waals surface area contributed by atoms with Crippen molar-refractivity contribution in [2.45, 2.75) is 51.0 Å². The van der Waals surface area contributed by atoms with Crippen LogP contribution >= 0.6 is 0 Å². The maximum atomic E-state index is 13.8. The standard InChI is InChI=1S/C17H22F2O/c18-14-7-8-16(19)15(10-14)17(20)13-6-5-11-3-1-2-4-12(11)9-13/h7-8,10-13,17,20H,1-6,9H2. The van der Waals surface area contributed by atoms with E-state index in [2.05, 4.69) is 0 Å². The zero-order valence-electron chi connectivity index (χ0n) is 11.7. The maximum Gasteiger partial charge on any atom is 0.129 e. The van der Waals surface area contributed by atoms with Gasteiger partial charge in [0.2, 0.25) is 0 Å². The Morgan fingerprint density at radius 1 is 1.00 bits per heavy atom. The van der Waals surface area contributed by atoms with Gasteiger partial charge in [-0.2, -0.15) is 0 Å². The minimum atomic E-state index is -0.867. The molecular formula is C17H22F2O. The highest BCUT2D eigenvalue weighted by molar-refractivity contribution is 5.22. The van der Waals surface area contributed by atoms with Gasteiger partial charge in [0.15, 0.2) is 0 Å². The van der Waals surface area contributed by atoms with E-state index in [1.807, 2.05) is 0 Å². The van der Waals surface area contributed by atoms with E-state index >= 15 is 0 Å². The summed E-state index contributed by atoms with van der Waals surface area (Å²) in [6.07, 6.45) is 7.30. The molecule has 4 unspecified atom stereocenters. The Balaban J connectivity index is 1.74. The van der Waals surface area contributed by atoms with Crippen molar-refractivity contribution in [2.24, 2.45) is 17.8 Å². The van der Waals surface area contributed by atoms with Crippen molar-refractivity contribution in [3.05, 3.63) is 35.4 Å². The summed E-state index contributed by atoms with van der Waals surface area (Å²) in [6.45, 7) is 0. The van der Waals surface area contributed by atoms with Gasteiger partial charge in [0.25, 0.3) is 0 Å². The molecule has 2 fully saturated rings. The molecule has 3 heteroatoms. The number of hydrogen-bond acceptors (Lipinski definition) is 1. The normalized spacial score (nSPS) is 31.6. The first kappa shape index (κ1) is 14.0.